The Bertz CT molecular complexity index is 354. The second-order valence-electron chi connectivity index (χ2n) is 4.39. The van der Waals surface area contributed by atoms with Crippen molar-refractivity contribution in [1.82, 2.24) is 4.98 Å². The van der Waals surface area contributed by atoms with Crippen LogP contribution in [0.15, 0.2) is 22.9 Å². The Balaban J connectivity index is 2.17. The lowest BCUT2D eigenvalue weighted by Gasteiger charge is -2.39. The van der Waals surface area contributed by atoms with Crippen molar-refractivity contribution in [3.8, 4) is 0 Å². The van der Waals surface area contributed by atoms with Gasteiger partial charge in [0.15, 0.2) is 0 Å². The molecular formula is C11H15BrN2O. The van der Waals surface area contributed by atoms with E-state index in [0.29, 0.717) is 0 Å². The number of pyridine rings is 1. The van der Waals surface area contributed by atoms with Crippen LogP contribution in [0.5, 0.6) is 0 Å². The van der Waals surface area contributed by atoms with E-state index >= 15 is 0 Å². The molecule has 0 aromatic carbocycles. The summed E-state index contributed by atoms with van der Waals surface area (Å²) < 4.78 is 6.69. The number of hydrogen-bond donors (Lipinski definition) is 0. The zero-order valence-corrected chi connectivity index (χ0v) is 10.6. The Morgan fingerprint density at radius 2 is 2.27 bits per heavy atom. The number of rotatable bonds is 1. The number of anilines is 1. The maximum absolute atomic E-state index is 5.67. The molecule has 0 unspecified atom stereocenters. The third-order valence-corrected chi connectivity index (χ3v) is 2.91. The zero-order valence-electron chi connectivity index (χ0n) is 9.03. The predicted octanol–water partition coefficient (Wildman–Crippen LogP) is 2.46. The van der Waals surface area contributed by atoms with Crippen LogP contribution < -0.4 is 4.90 Å². The molecule has 2 heterocycles. The maximum atomic E-state index is 5.67. The molecule has 2 rings (SSSR count). The lowest BCUT2D eigenvalue weighted by molar-refractivity contribution is -0.0277. The largest absolute Gasteiger partial charge is 0.372 e. The molecule has 0 amide bonds. The molecule has 1 saturated heterocycles. The molecule has 1 fully saturated rings. The van der Waals surface area contributed by atoms with Crippen molar-refractivity contribution in [2.24, 2.45) is 0 Å². The zero-order chi connectivity index (χ0) is 10.9. The number of hydrogen-bond acceptors (Lipinski definition) is 3. The van der Waals surface area contributed by atoms with Crippen molar-refractivity contribution in [2.75, 3.05) is 24.6 Å². The van der Waals surface area contributed by atoms with E-state index in [-0.39, 0.29) is 5.60 Å². The lowest BCUT2D eigenvalue weighted by Crippen LogP contribution is -2.48. The smallest absolute Gasteiger partial charge is 0.0801 e. The molecule has 15 heavy (non-hydrogen) atoms. The molecular weight excluding hydrogens is 256 g/mol. The van der Waals surface area contributed by atoms with Gasteiger partial charge >= 0.3 is 0 Å². The average molecular weight is 271 g/mol. The minimum absolute atomic E-state index is 0.0689. The monoisotopic (exact) mass is 270 g/mol. The van der Waals surface area contributed by atoms with E-state index in [1.54, 1.807) is 6.20 Å². The van der Waals surface area contributed by atoms with E-state index < -0.39 is 0 Å². The number of morpholine rings is 1. The van der Waals surface area contributed by atoms with Gasteiger partial charge in [-0.1, -0.05) is 0 Å². The number of halogens is 1. The number of aromatic nitrogens is 1. The molecule has 1 aliphatic rings. The van der Waals surface area contributed by atoms with Crippen molar-refractivity contribution < 1.29 is 4.74 Å². The highest BCUT2D eigenvalue weighted by Crippen LogP contribution is 2.24. The summed E-state index contributed by atoms with van der Waals surface area (Å²) in [4.78, 5) is 6.48. The molecule has 0 bridgehead atoms. The van der Waals surface area contributed by atoms with E-state index in [0.717, 1.165) is 29.9 Å². The topological polar surface area (TPSA) is 25.4 Å². The van der Waals surface area contributed by atoms with Crippen LogP contribution in [0.25, 0.3) is 0 Å². The van der Waals surface area contributed by atoms with E-state index in [9.17, 15) is 0 Å². The highest BCUT2D eigenvalue weighted by Gasteiger charge is 2.27. The van der Waals surface area contributed by atoms with Gasteiger partial charge in [-0.15, -0.1) is 0 Å². The third kappa shape index (κ3) is 2.69. The third-order valence-electron chi connectivity index (χ3n) is 2.48. The number of ether oxygens (including phenoxy) is 1. The fourth-order valence-corrected chi connectivity index (χ4v) is 2.16. The predicted molar refractivity (Wildman–Crippen MR) is 64.2 cm³/mol. The van der Waals surface area contributed by atoms with Crippen LogP contribution in [0.4, 0.5) is 5.69 Å². The van der Waals surface area contributed by atoms with Crippen molar-refractivity contribution >= 4 is 21.6 Å². The van der Waals surface area contributed by atoms with Crippen LogP contribution in [0.3, 0.4) is 0 Å². The SMILES string of the molecule is CC1(C)CN(c2cncc(Br)c2)CCO1. The average Bonchev–Trinajstić information content (AvgIpc) is 2.16. The van der Waals surface area contributed by atoms with Crippen molar-refractivity contribution in [1.29, 1.82) is 0 Å². The highest BCUT2D eigenvalue weighted by molar-refractivity contribution is 9.10. The van der Waals surface area contributed by atoms with Crippen molar-refractivity contribution in [2.45, 2.75) is 19.4 Å². The van der Waals surface area contributed by atoms with Gasteiger partial charge in [0.2, 0.25) is 0 Å². The molecule has 0 atom stereocenters. The van der Waals surface area contributed by atoms with Gasteiger partial charge in [-0.3, -0.25) is 4.98 Å². The van der Waals surface area contributed by atoms with Crippen LogP contribution in [0.1, 0.15) is 13.8 Å². The molecule has 82 valence electrons. The minimum Gasteiger partial charge on any atom is -0.372 e. The second-order valence-corrected chi connectivity index (χ2v) is 5.31. The molecule has 0 spiro atoms. The highest BCUT2D eigenvalue weighted by atomic mass is 79.9. The molecule has 0 saturated carbocycles. The summed E-state index contributed by atoms with van der Waals surface area (Å²) in [6.45, 7) is 6.85. The van der Waals surface area contributed by atoms with Gasteiger partial charge < -0.3 is 9.64 Å². The van der Waals surface area contributed by atoms with E-state index in [4.69, 9.17) is 4.74 Å². The lowest BCUT2D eigenvalue weighted by atomic mass is 10.1. The van der Waals surface area contributed by atoms with Gasteiger partial charge in [-0.05, 0) is 35.8 Å². The van der Waals surface area contributed by atoms with Gasteiger partial charge in [0.25, 0.3) is 0 Å². The first-order valence-electron chi connectivity index (χ1n) is 5.06. The summed E-state index contributed by atoms with van der Waals surface area (Å²) in [5, 5.41) is 0. The second kappa shape index (κ2) is 4.10. The standard InChI is InChI=1S/C11H15BrN2O/c1-11(2)8-14(3-4-15-11)10-5-9(12)6-13-7-10/h5-7H,3-4,8H2,1-2H3. The molecule has 1 aliphatic heterocycles. The van der Waals surface area contributed by atoms with E-state index in [1.165, 1.54) is 0 Å². The first-order valence-corrected chi connectivity index (χ1v) is 5.86. The van der Waals surface area contributed by atoms with Crippen LogP contribution in [-0.4, -0.2) is 30.3 Å². The fraction of sp³-hybridized carbons (Fsp3) is 0.545. The summed E-state index contributed by atoms with van der Waals surface area (Å²) in [6.07, 6.45) is 3.70. The van der Waals surface area contributed by atoms with Gasteiger partial charge in [0, 0.05) is 23.8 Å². The normalized spacial score (nSPS) is 20.3. The first-order chi connectivity index (χ1) is 7.07. The van der Waals surface area contributed by atoms with Gasteiger partial charge in [-0.2, -0.15) is 0 Å². The van der Waals surface area contributed by atoms with Gasteiger partial charge in [0.05, 0.1) is 24.1 Å². The summed E-state index contributed by atoms with van der Waals surface area (Å²) >= 11 is 3.44. The quantitative estimate of drug-likeness (QED) is 0.784. The summed E-state index contributed by atoms with van der Waals surface area (Å²) in [5.74, 6) is 0. The van der Waals surface area contributed by atoms with Crippen LogP contribution in [0, 0.1) is 0 Å². The molecule has 1 aromatic heterocycles. The molecule has 0 aliphatic carbocycles. The van der Waals surface area contributed by atoms with Crippen LogP contribution >= 0.6 is 15.9 Å². The van der Waals surface area contributed by atoms with E-state index in [1.807, 2.05) is 6.20 Å². The van der Waals surface area contributed by atoms with Gasteiger partial charge in [-0.25, -0.2) is 0 Å². The summed E-state index contributed by atoms with van der Waals surface area (Å²) in [7, 11) is 0. The summed E-state index contributed by atoms with van der Waals surface area (Å²) in [5.41, 5.74) is 1.08. The minimum atomic E-state index is -0.0689. The van der Waals surface area contributed by atoms with Crippen LogP contribution in [-0.2, 0) is 4.74 Å². The molecule has 0 N–H and O–H groups in total. The maximum Gasteiger partial charge on any atom is 0.0801 e. The molecule has 0 radical (unpaired) electrons. The molecule has 1 aromatic rings. The Labute approximate surface area is 98.6 Å². The van der Waals surface area contributed by atoms with Crippen molar-refractivity contribution in [3.05, 3.63) is 22.9 Å². The Morgan fingerprint density at radius 1 is 1.47 bits per heavy atom. The Kier molecular flexibility index (Phi) is 2.98. The first kappa shape index (κ1) is 10.9. The Hall–Kier alpha value is -0.610. The Morgan fingerprint density at radius 3 is 2.93 bits per heavy atom. The van der Waals surface area contributed by atoms with Gasteiger partial charge in [0.1, 0.15) is 0 Å². The van der Waals surface area contributed by atoms with Crippen molar-refractivity contribution in [3.63, 3.8) is 0 Å². The number of nitrogens with zero attached hydrogens (tertiary/aromatic N) is 2. The molecule has 3 nitrogen and oxygen atoms in total. The molecule has 4 heteroatoms. The summed E-state index contributed by atoms with van der Waals surface area (Å²) in [6, 6.07) is 2.09. The van der Waals surface area contributed by atoms with Crippen LogP contribution in [0.2, 0.25) is 0 Å². The fourth-order valence-electron chi connectivity index (χ4n) is 1.81. The van der Waals surface area contributed by atoms with E-state index in [2.05, 4.69) is 45.7 Å².